The minimum Gasteiger partial charge on any atom is -0.306 e. The summed E-state index contributed by atoms with van der Waals surface area (Å²) in [5, 5.41) is 3.08. The molecule has 0 amide bonds. The Kier molecular flexibility index (Phi) is 2.82. The highest BCUT2D eigenvalue weighted by atomic mass is 16.1. The standard InChI is InChI=1S/C9H13N5O/c10-12-5-11-4-6-1-2-7-8(3-6)14-9(15)13-7/h1-3,11-12H,4-5,10H2,(H2,13,14,15). The first-order chi connectivity index (χ1) is 7.29. The fourth-order valence-corrected chi connectivity index (χ4v) is 1.47. The van der Waals surface area contributed by atoms with Gasteiger partial charge in [-0.15, -0.1) is 0 Å². The van der Waals surface area contributed by atoms with E-state index in [9.17, 15) is 4.79 Å². The quantitative estimate of drug-likeness (QED) is 0.199. The van der Waals surface area contributed by atoms with Crippen molar-refractivity contribution in [3.63, 3.8) is 0 Å². The van der Waals surface area contributed by atoms with Crippen molar-refractivity contribution in [1.29, 1.82) is 0 Å². The summed E-state index contributed by atoms with van der Waals surface area (Å²) in [5.41, 5.74) is 5.05. The molecule has 0 bridgehead atoms. The SMILES string of the molecule is NNCNCc1ccc2[nH]c(=O)[nH]c2c1. The molecule has 2 rings (SSSR count). The van der Waals surface area contributed by atoms with Gasteiger partial charge in [-0.3, -0.25) is 11.2 Å². The maximum atomic E-state index is 11.0. The van der Waals surface area contributed by atoms with Gasteiger partial charge in [0.15, 0.2) is 0 Å². The molecule has 0 unspecified atom stereocenters. The first kappa shape index (κ1) is 9.91. The smallest absolute Gasteiger partial charge is 0.306 e. The molecule has 2 aromatic rings. The number of hydrogen-bond acceptors (Lipinski definition) is 4. The molecule has 6 nitrogen and oxygen atoms in total. The second kappa shape index (κ2) is 4.26. The summed E-state index contributed by atoms with van der Waals surface area (Å²) >= 11 is 0. The minimum absolute atomic E-state index is 0.182. The highest BCUT2D eigenvalue weighted by Gasteiger charge is 1.99. The lowest BCUT2D eigenvalue weighted by Gasteiger charge is -2.03. The van der Waals surface area contributed by atoms with Crippen LogP contribution in [0.4, 0.5) is 0 Å². The molecule has 15 heavy (non-hydrogen) atoms. The van der Waals surface area contributed by atoms with E-state index in [1.807, 2.05) is 18.2 Å². The van der Waals surface area contributed by atoms with E-state index in [0.29, 0.717) is 13.2 Å². The molecule has 1 aromatic carbocycles. The van der Waals surface area contributed by atoms with Gasteiger partial charge in [-0.2, -0.15) is 0 Å². The van der Waals surface area contributed by atoms with Crippen molar-refractivity contribution in [3.05, 3.63) is 34.2 Å². The van der Waals surface area contributed by atoms with E-state index in [0.717, 1.165) is 16.6 Å². The third-order valence-corrected chi connectivity index (χ3v) is 2.14. The van der Waals surface area contributed by atoms with Crippen LogP contribution in [0.25, 0.3) is 11.0 Å². The Balaban J connectivity index is 2.19. The van der Waals surface area contributed by atoms with Crippen molar-refractivity contribution in [3.8, 4) is 0 Å². The number of aromatic nitrogens is 2. The van der Waals surface area contributed by atoms with Crippen LogP contribution in [0.15, 0.2) is 23.0 Å². The van der Waals surface area contributed by atoms with Gasteiger partial charge in [0.1, 0.15) is 0 Å². The van der Waals surface area contributed by atoms with Crippen LogP contribution in [0.3, 0.4) is 0 Å². The summed E-state index contributed by atoms with van der Waals surface area (Å²) in [6.07, 6.45) is 0. The van der Waals surface area contributed by atoms with Crippen molar-refractivity contribution >= 4 is 11.0 Å². The monoisotopic (exact) mass is 207 g/mol. The molecule has 0 saturated heterocycles. The lowest BCUT2D eigenvalue weighted by atomic mass is 10.2. The second-order valence-electron chi connectivity index (χ2n) is 3.27. The zero-order valence-electron chi connectivity index (χ0n) is 8.13. The highest BCUT2D eigenvalue weighted by Crippen LogP contribution is 2.09. The predicted octanol–water partition coefficient (Wildman–Crippen LogP) is -0.633. The number of rotatable bonds is 4. The molecule has 0 saturated carbocycles. The number of benzene rings is 1. The van der Waals surface area contributed by atoms with Crippen LogP contribution < -0.4 is 22.3 Å². The van der Waals surface area contributed by atoms with Crippen molar-refractivity contribution in [2.24, 2.45) is 5.84 Å². The zero-order chi connectivity index (χ0) is 10.7. The summed E-state index contributed by atoms with van der Waals surface area (Å²) in [5.74, 6) is 5.12. The van der Waals surface area contributed by atoms with Gasteiger partial charge >= 0.3 is 5.69 Å². The van der Waals surface area contributed by atoms with Crippen molar-refractivity contribution in [2.45, 2.75) is 6.54 Å². The molecule has 80 valence electrons. The number of nitrogens with two attached hydrogens (primary N) is 1. The average Bonchev–Trinajstić information content (AvgIpc) is 2.57. The first-order valence-electron chi connectivity index (χ1n) is 4.65. The van der Waals surface area contributed by atoms with Gasteiger partial charge in [0.25, 0.3) is 0 Å². The van der Waals surface area contributed by atoms with E-state index in [-0.39, 0.29) is 5.69 Å². The molecule has 6 N–H and O–H groups in total. The molecule has 0 atom stereocenters. The molecule has 0 aliphatic rings. The molecule has 6 heteroatoms. The Labute approximate surface area is 85.8 Å². The lowest BCUT2D eigenvalue weighted by molar-refractivity contribution is 0.601. The van der Waals surface area contributed by atoms with E-state index >= 15 is 0 Å². The van der Waals surface area contributed by atoms with Crippen LogP contribution in [-0.2, 0) is 6.54 Å². The normalized spacial score (nSPS) is 11.0. The van der Waals surface area contributed by atoms with Crippen molar-refractivity contribution in [2.75, 3.05) is 6.67 Å². The van der Waals surface area contributed by atoms with Crippen molar-refractivity contribution in [1.82, 2.24) is 20.7 Å². The Morgan fingerprint density at radius 1 is 1.27 bits per heavy atom. The maximum absolute atomic E-state index is 11.0. The number of hydrazine groups is 1. The summed E-state index contributed by atoms with van der Waals surface area (Å²) < 4.78 is 0. The van der Waals surface area contributed by atoms with Crippen LogP contribution in [0.2, 0.25) is 0 Å². The van der Waals surface area contributed by atoms with E-state index in [2.05, 4.69) is 20.7 Å². The number of H-pyrrole nitrogens is 2. The van der Waals surface area contributed by atoms with E-state index < -0.39 is 0 Å². The second-order valence-corrected chi connectivity index (χ2v) is 3.27. The third-order valence-electron chi connectivity index (χ3n) is 2.14. The Morgan fingerprint density at radius 3 is 2.87 bits per heavy atom. The molecule has 0 radical (unpaired) electrons. The average molecular weight is 207 g/mol. The molecule has 0 aliphatic carbocycles. The summed E-state index contributed by atoms with van der Waals surface area (Å²) in [4.78, 5) is 16.4. The minimum atomic E-state index is -0.182. The highest BCUT2D eigenvalue weighted by molar-refractivity contribution is 5.74. The van der Waals surface area contributed by atoms with Gasteiger partial charge in [-0.1, -0.05) is 6.07 Å². The van der Waals surface area contributed by atoms with Gasteiger partial charge in [0.05, 0.1) is 17.7 Å². The molecule has 1 aromatic heterocycles. The predicted molar refractivity (Wildman–Crippen MR) is 57.9 cm³/mol. The first-order valence-corrected chi connectivity index (χ1v) is 4.65. The van der Waals surface area contributed by atoms with Crippen LogP contribution in [0, 0.1) is 0 Å². The third kappa shape index (κ3) is 2.24. The molecule has 1 heterocycles. The molecule has 0 spiro atoms. The summed E-state index contributed by atoms with van der Waals surface area (Å²) in [7, 11) is 0. The van der Waals surface area contributed by atoms with Gasteiger partial charge in [-0.05, 0) is 17.7 Å². The summed E-state index contributed by atoms with van der Waals surface area (Å²) in [6, 6.07) is 5.76. The van der Waals surface area contributed by atoms with Crippen LogP contribution in [-0.4, -0.2) is 16.6 Å². The van der Waals surface area contributed by atoms with Crippen LogP contribution >= 0.6 is 0 Å². The number of nitrogens with one attached hydrogen (secondary N) is 4. The van der Waals surface area contributed by atoms with Crippen LogP contribution in [0.1, 0.15) is 5.56 Å². The fraction of sp³-hybridized carbons (Fsp3) is 0.222. The molecule has 0 aliphatic heterocycles. The van der Waals surface area contributed by atoms with E-state index in [1.54, 1.807) is 0 Å². The Bertz CT molecular complexity index is 500. The topological polar surface area (TPSA) is 98.7 Å². The van der Waals surface area contributed by atoms with Gasteiger partial charge in [0.2, 0.25) is 0 Å². The Hall–Kier alpha value is -1.63. The van der Waals surface area contributed by atoms with Crippen molar-refractivity contribution < 1.29 is 0 Å². The number of aromatic amines is 2. The van der Waals surface area contributed by atoms with E-state index in [4.69, 9.17) is 5.84 Å². The fourth-order valence-electron chi connectivity index (χ4n) is 1.47. The summed E-state index contributed by atoms with van der Waals surface area (Å²) in [6.45, 7) is 1.25. The van der Waals surface area contributed by atoms with E-state index in [1.165, 1.54) is 0 Å². The molecule has 0 fully saturated rings. The van der Waals surface area contributed by atoms with Gasteiger partial charge < -0.3 is 9.97 Å². The number of fused-ring (bicyclic) bond motifs is 1. The number of hydrogen-bond donors (Lipinski definition) is 5. The lowest BCUT2D eigenvalue weighted by Crippen LogP contribution is -2.33. The van der Waals surface area contributed by atoms with Gasteiger partial charge in [-0.25, -0.2) is 10.2 Å². The number of imidazole rings is 1. The molecular formula is C9H13N5O. The van der Waals surface area contributed by atoms with Crippen LogP contribution in [0.5, 0.6) is 0 Å². The molecular weight excluding hydrogens is 194 g/mol. The van der Waals surface area contributed by atoms with Gasteiger partial charge in [0, 0.05) is 6.54 Å². The maximum Gasteiger partial charge on any atom is 0.323 e. The zero-order valence-corrected chi connectivity index (χ0v) is 8.13. The Morgan fingerprint density at radius 2 is 2.07 bits per heavy atom. The largest absolute Gasteiger partial charge is 0.323 e.